The molecule has 4 heteroatoms. The first-order valence-corrected chi connectivity index (χ1v) is 5.29. The van der Waals surface area contributed by atoms with Crippen LogP contribution in [0, 0.1) is 0 Å². The fourth-order valence-corrected chi connectivity index (χ4v) is 1.38. The van der Waals surface area contributed by atoms with Crippen molar-refractivity contribution in [3.8, 4) is 0 Å². The fourth-order valence-electron chi connectivity index (χ4n) is 1.38. The molecule has 1 nitrogen and oxygen atoms in total. The summed E-state index contributed by atoms with van der Waals surface area (Å²) in [5.41, 5.74) is 0.863. The van der Waals surface area contributed by atoms with Gasteiger partial charge < -0.3 is 5.11 Å². The maximum absolute atomic E-state index is 12.3. The zero-order chi connectivity index (χ0) is 13.1. The molecule has 0 aliphatic rings. The standard InChI is InChI=1S/C13H15F3O/c1-9(2)3-8-12(17)10-4-6-11(7-5-10)13(14,15)16/h3-7,12,17H,8H2,1-2H3. The number of aliphatic hydroxyl groups is 1. The van der Waals surface area contributed by atoms with E-state index in [1.165, 1.54) is 12.1 Å². The number of aliphatic hydroxyl groups excluding tert-OH is 1. The molecule has 0 heterocycles. The van der Waals surface area contributed by atoms with Gasteiger partial charge >= 0.3 is 6.18 Å². The Morgan fingerprint density at radius 1 is 1.24 bits per heavy atom. The topological polar surface area (TPSA) is 20.2 Å². The minimum atomic E-state index is -4.33. The highest BCUT2D eigenvalue weighted by molar-refractivity contribution is 5.26. The molecule has 0 saturated heterocycles. The second-order valence-electron chi connectivity index (χ2n) is 4.15. The van der Waals surface area contributed by atoms with Crippen LogP contribution in [-0.4, -0.2) is 5.11 Å². The summed E-state index contributed by atoms with van der Waals surface area (Å²) in [5.74, 6) is 0. The third kappa shape index (κ3) is 4.23. The van der Waals surface area contributed by atoms with Gasteiger partial charge in [0.05, 0.1) is 11.7 Å². The summed E-state index contributed by atoms with van der Waals surface area (Å²) >= 11 is 0. The molecule has 0 aliphatic heterocycles. The maximum atomic E-state index is 12.3. The molecular weight excluding hydrogens is 229 g/mol. The van der Waals surface area contributed by atoms with Gasteiger partial charge in [0.15, 0.2) is 0 Å². The first-order chi connectivity index (χ1) is 7.80. The Bertz CT molecular complexity index is 386. The van der Waals surface area contributed by atoms with Crippen molar-refractivity contribution in [2.75, 3.05) is 0 Å². The monoisotopic (exact) mass is 244 g/mol. The average Bonchev–Trinajstić information content (AvgIpc) is 2.25. The smallest absolute Gasteiger partial charge is 0.388 e. The molecular formula is C13H15F3O. The molecule has 0 aliphatic carbocycles. The molecule has 1 unspecified atom stereocenters. The fraction of sp³-hybridized carbons (Fsp3) is 0.385. The molecule has 1 atom stereocenters. The van der Waals surface area contributed by atoms with Crippen molar-refractivity contribution in [1.82, 2.24) is 0 Å². The average molecular weight is 244 g/mol. The molecule has 0 fully saturated rings. The lowest BCUT2D eigenvalue weighted by molar-refractivity contribution is -0.137. The second kappa shape index (κ2) is 5.36. The number of halogens is 3. The van der Waals surface area contributed by atoms with Gasteiger partial charge in [-0.15, -0.1) is 0 Å². The Labute approximate surface area is 98.6 Å². The van der Waals surface area contributed by atoms with Crippen LogP contribution in [0.1, 0.15) is 37.5 Å². The van der Waals surface area contributed by atoms with Crippen molar-refractivity contribution in [2.45, 2.75) is 32.5 Å². The lowest BCUT2D eigenvalue weighted by Gasteiger charge is -2.11. The first-order valence-electron chi connectivity index (χ1n) is 5.29. The van der Waals surface area contributed by atoms with Gasteiger partial charge in [0, 0.05) is 0 Å². The van der Waals surface area contributed by atoms with Crippen molar-refractivity contribution in [2.24, 2.45) is 0 Å². The van der Waals surface area contributed by atoms with E-state index in [0.717, 1.165) is 17.7 Å². The maximum Gasteiger partial charge on any atom is 0.416 e. The van der Waals surface area contributed by atoms with Gasteiger partial charge in [0.1, 0.15) is 0 Å². The molecule has 0 saturated carbocycles. The molecule has 0 amide bonds. The van der Waals surface area contributed by atoms with Crippen molar-refractivity contribution in [3.05, 3.63) is 47.0 Å². The van der Waals surface area contributed by atoms with Crippen LogP contribution >= 0.6 is 0 Å². The van der Waals surface area contributed by atoms with Crippen molar-refractivity contribution >= 4 is 0 Å². The molecule has 94 valence electrons. The molecule has 1 aromatic rings. The van der Waals surface area contributed by atoms with Crippen molar-refractivity contribution in [1.29, 1.82) is 0 Å². The Morgan fingerprint density at radius 3 is 2.18 bits per heavy atom. The molecule has 1 N–H and O–H groups in total. The van der Waals surface area contributed by atoms with Gasteiger partial charge in [-0.1, -0.05) is 23.8 Å². The van der Waals surface area contributed by atoms with Crippen LogP contribution < -0.4 is 0 Å². The van der Waals surface area contributed by atoms with Crippen LogP contribution in [0.3, 0.4) is 0 Å². The summed E-state index contributed by atoms with van der Waals surface area (Å²) < 4.78 is 36.9. The van der Waals surface area contributed by atoms with Crippen LogP contribution in [0.25, 0.3) is 0 Å². The summed E-state index contributed by atoms with van der Waals surface area (Å²) in [6.07, 6.45) is -2.83. The van der Waals surface area contributed by atoms with E-state index in [-0.39, 0.29) is 0 Å². The molecule has 0 bridgehead atoms. The normalized spacial score (nSPS) is 13.3. The third-order valence-corrected chi connectivity index (χ3v) is 2.37. The van der Waals surface area contributed by atoms with Crippen LogP contribution in [-0.2, 0) is 6.18 Å². The number of benzene rings is 1. The van der Waals surface area contributed by atoms with E-state index in [0.29, 0.717) is 12.0 Å². The molecule has 0 spiro atoms. The van der Waals surface area contributed by atoms with Gasteiger partial charge in [-0.05, 0) is 38.0 Å². The van der Waals surface area contributed by atoms with Crippen LogP contribution in [0.2, 0.25) is 0 Å². The Morgan fingerprint density at radius 2 is 1.76 bits per heavy atom. The Balaban J connectivity index is 2.77. The van der Waals surface area contributed by atoms with E-state index in [1.807, 2.05) is 19.9 Å². The predicted molar refractivity (Wildman–Crippen MR) is 60.5 cm³/mol. The lowest BCUT2D eigenvalue weighted by Crippen LogP contribution is -2.05. The number of alkyl halides is 3. The first kappa shape index (κ1) is 13.8. The Kier molecular flexibility index (Phi) is 4.34. The summed E-state index contributed by atoms with van der Waals surface area (Å²) in [4.78, 5) is 0. The predicted octanol–water partition coefficient (Wildman–Crippen LogP) is 4.10. The SMILES string of the molecule is CC(C)=CCC(O)c1ccc(C(F)(F)F)cc1. The largest absolute Gasteiger partial charge is 0.416 e. The number of allylic oxidation sites excluding steroid dienone is 1. The van der Waals surface area contributed by atoms with Crippen LogP contribution in [0.5, 0.6) is 0 Å². The Hall–Kier alpha value is -1.29. The minimum absolute atomic E-state index is 0.410. The third-order valence-electron chi connectivity index (χ3n) is 2.37. The zero-order valence-corrected chi connectivity index (χ0v) is 9.75. The highest BCUT2D eigenvalue weighted by atomic mass is 19.4. The van der Waals surface area contributed by atoms with E-state index in [1.54, 1.807) is 0 Å². The van der Waals surface area contributed by atoms with E-state index < -0.39 is 17.8 Å². The number of hydrogen-bond donors (Lipinski definition) is 1. The molecule has 0 radical (unpaired) electrons. The van der Waals surface area contributed by atoms with Gasteiger partial charge in [0.2, 0.25) is 0 Å². The summed E-state index contributed by atoms with van der Waals surface area (Å²) in [6.45, 7) is 3.80. The summed E-state index contributed by atoms with van der Waals surface area (Å²) in [7, 11) is 0. The van der Waals surface area contributed by atoms with Gasteiger partial charge in [-0.25, -0.2) is 0 Å². The lowest BCUT2D eigenvalue weighted by atomic mass is 10.0. The number of rotatable bonds is 3. The van der Waals surface area contributed by atoms with Gasteiger partial charge in [-0.3, -0.25) is 0 Å². The van der Waals surface area contributed by atoms with Gasteiger partial charge in [0.25, 0.3) is 0 Å². The van der Waals surface area contributed by atoms with E-state index >= 15 is 0 Å². The number of hydrogen-bond acceptors (Lipinski definition) is 1. The minimum Gasteiger partial charge on any atom is -0.388 e. The highest BCUT2D eigenvalue weighted by Crippen LogP contribution is 2.30. The summed E-state index contributed by atoms with van der Waals surface area (Å²) in [6, 6.07) is 4.60. The van der Waals surface area contributed by atoms with E-state index in [4.69, 9.17) is 0 Å². The van der Waals surface area contributed by atoms with Crippen molar-refractivity contribution in [3.63, 3.8) is 0 Å². The van der Waals surface area contributed by atoms with Crippen LogP contribution in [0.4, 0.5) is 13.2 Å². The quantitative estimate of drug-likeness (QED) is 0.794. The zero-order valence-electron chi connectivity index (χ0n) is 9.75. The van der Waals surface area contributed by atoms with Crippen molar-refractivity contribution < 1.29 is 18.3 Å². The molecule has 1 rings (SSSR count). The van der Waals surface area contributed by atoms with E-state index in [9.17, 15) is 18.3 Å². The second-order valence-corrected chi connectivity index (χ2v) is 4.15. The molecule has 1 aromatic carbocycles. The molecule has 17 heavy (non-hydrogen) atoms. The molecule has 0 aromatic heterocycles. The summed E-state index contributed by atoms with van der Waals surface area (Å²) in [5, 5.41) is 9.74. The highest BCUT2D eigenvalue weighted by Gasteiger charge is 2.30. The van der Waals surface area contributed by atoms with E-state index in [2.05, 4.69) is 0 Å². The van der Waals surface area contributed by atoms with Gasteiger partial charge in [-0.2, -0.15) is 13.2 Å². The van der Waals surface area contributed by atoms with Crippen LogP contribution in [0.15, 0.2) is 35.9 Å².